The Labute approximate surface area is 172 Å². The van der Waals surface area contributed by atoms with E-state index in [9.17, 15) is 4.79 Å². The lowest BCUT2D eigenvalue weighted by Crippen LogP contribution is -2.45. The first kappa shape index (κ1) is 19.0. The van der Waals surface area contributed by atoms with Crippen molar-refractivity contribution in [2.75, 3.05) is 31.1 Å². The molecule has 146 valence electrons. The van der Waals surface area contributed by atoms with Gasteiger partial charge in [-0.05, 0) is 36.4 Å². The first-order valence-electron chi connectivity index (χ1n) is 9.15. The van der Waals surface area contributed by atoms with E-state index in [1.54, 1.807) is 12.3 Å². The van der Waals surface area contributed by atoms with E-state index in [0.717, 1.165) is 48.5 Å². The molecule has 3 heterocycles. The van der Waals surface area contributed by atoms with Crippen molar-refractivity contribution in [2.45, 2.75) is 13.1 Å². The van der Waals surface area contributed by atoms with Gasteiger partial charge in [0.15, 0.2) is 0 Å². The molecule has 1 saturated heterocycles. The van der Waals surface area contributed by atoms with E-state index in [2.05, 4.69) is 32.2 Å². The molecule has 0 atom stereocenters. The van der Waals surface area contributed by atoms with E-state index in [1.165, 1.54) is 17.0 Å². The van der Waals surface area contributed by atoms with Gasteiger partial charge in [-0.3, -0.25) is 9.69 Å². The normalized spacial score (nSPS) is 15.0. The van der Waals surface area contributed by atoms with E-state index in [-0.39, 0.29) is 5.91 Å². The molecule has 0 bridgehead atoms. The van der Waals surface area contributed by atoms with E-state index in [0.29, 0.717) is 12.2 Å². The highest BCUT2D eigenvalue weighted by Crippen LogP contribution is 2.20. The molecule has 3 aromatic rings. The Balaban J connectivity index is 1.26. The number of carbonyl (C=O) groups is 1. The number of amides is 1. The second-order valence-corrected chi connectivity index (χ2v) is 8.01. The summed E-state index contributed by atoms with van der Waals surface area (Å²) in [5, 5.41) is 6.36. The predicted molar refractivity (Wildman–Crippen MR) is 111 cm³/mol. The number of benzene rings is 1. The fraction of sp³-hybridized carbons (Fsp3) is 0.300. The molecular formula is C20H21ClN4O2S. The summed E-state index contributed by atoms with van der Waals surface area (Å²) < 4.78 is 5.22. The zero-order valence-corrected chi connectivity index (χ0v) is 16.9. The van der Waals surface area contributed by atoms with Gasteiger partial charge in [0.25, 0.3) is 5.91 Å². The Morgan fingerprint density at radius 3 is 2.68 bits per heavy atom. The third-order valence-corrected chi connectivity index (χ3v) is 5.80. The summed E-state index contributed by atoms with van der Waals surface area (Å²) in [6.45, 7) is 4.98. The summed E-state index contributed by atoms with van der Waals surface area (Å²) >= 11 is 7.50. The van der Waals surface area contributed by atoms with Crippen molar-refractivity contribution >= 4 is 34.5 Å². The van der Waals surface area contributed by atoms with Crippen molar-refractivity contribution in [3.8, 4) is 0 Å². The molecule has 1 aliphatic heterocycles. The van der Waals surface area contributed by atoms with Gasteiger partial charge in [0, 0.05) is 42.3 Å². The largest absolute Gasteiger partial charge is 0.467 e. The predicted octanol–water partition coefficient (Wildman–Crippen LogP) is 3.64. The SMILES string of the molecule is O=C(NCc1ccco1)c1csc(CN2CCN(c3ccc(Cl)cc3)CC2)n1. The average Bonchev–Trinajstić information content (AvgIpc) is 3.40. The summed E-state index contributed by atoms with van der Waals surface area (Å²) in [7, 11) is 0. The highest BCUT2D eigenvalue weighted by Gasteiger charge is 2.19. The Kier molecular flexibility index (Phi) is 5.95. The third-order valence-electron chi connectivity index (χ3n) is 4.71. The molecule has 8 heteroatoms. The smallest absolute Gasteiger partial charge is 0.271 e. The zero-order valence-electron chi connectivity index (χ0n) is 15.3. The number of anilines is 1. The molecule has 28 heavy (non-hydrogen) atoms. The molecule has 2 aromatic heterocycles. The number of nitrogens with one attached hydrogen (secondary N) is 1. The Morgan fingerprint density at radius 1 is 1.18 bits per heavy atom. The molecule has 0 spiro atoms. The molecule has 1 fully saturated rings. The number of thiazole rings is 1. The number of carbonyl (C=O) groups excluding carboxylic acids is 1. The fourth-order valence-electron chi connectivity index (χ4n) is 3.17. The molecular weight excluding hydrogens is 396 g/mol. The van der Waals surface area contributed by atoms with Crippen molar-refractivity contribution in [3.05, 3.63) is 69.5 Å². The maximum atomic E-state index is 12.2. The first-order valence-corrected chi connectivity index (χ1v) is 10.4. The minimum atomic E-state index is -0.175. The van der Waals surface area contributed by atoms with Crippen molar-refractivity contribution in [1.82, 2.24) is 15.2 Å². The van der Waals surface area contributed by atoms with E-state index in [1.807, 2.05) is 23.6 Å². The van der Waals surface area contributed by atoms with Crippen LogP contribution in [0.3, 0.4) is 0 Å². The Hall–Kier alpha value is -2.35. The molecule has 0 radical (unpaired) electrons. The number of furan rings is 1. The van der Waals surface area contributed by atoms with Gasteiger partial charge in [-0.15, -0.1) is 11.3 Å². The van der Waals surface area contributed by atoms with Crippen LogP contribution in [0.1, 0.15) is 21.3 Å². The lowest BCUT2D eigenvalue weighted by atomic mass is 10.2. The van der Waals surface area contributed by atoms with Gasteiger partial charge in [0.05, 0.1) is 19.4 Å². The van der Waals surface area contributed by atoms with Crippen molar-refractivity contribution in [1.29, 1.82) is 0 Å². The highest BCUT2D eigenvalue weighted by molar-refractivity contribution is 7.09. The summed E-state index contributed by atoms with van der Waals surface area (Å²) in [4.78, 5) is 21.5. The topological polar surface area (TPSA) is 61.6 Å². The van der Waals surface area contributed by atoms with Crippen LogP contribution in [0, 0.1) is 0 Å². The van der Waals surface area contributed by atoms with E-state index in [4.69, 9.17) is 16.0 Å². The quantitative estimate of drug-likeness (QED) is 0.664. The lowest BCUT2D eigenvalue weighted by molar-refractivity contribution is 0.0943. The van der Waals surface area contributed by atoms with Crippen LogP contribution in [0.2, 0.25) is 5.02 Å². The number of piperazine rings is 1. The molecule has 0 saturated carbocycles. The number of hydrogen-bond donors (Lipinski definition) is 1. The molecule has 6 nitrogen and oxygen atoms in total. The summed E-state index contributed by atoms with van der Waals surface area (Å²) in [6.07, 6.45) is 1.59. The fourth-order valence-corrected chi connectivity index (χ4v) is 4.11. The summed E-state index contributed by atoms with van der Waals surface area (Å²) in [6, 6.07) is 11.6. The third kappa shape index (κ3) is 4.73. The van der Waals surface area contributed by atoms with Crippen LogP contribution in [0.5, 0.6) is 0 Å². The van der Waals surface area contributed by atoms with Crippen molar-refractivity contribution in [3.63, 3.8) is 0 Å². The standard InChI is InChI=1S/C20H21ClN4O2S/c21-15-3-5-16(6-4-15)25-9-7-24(8-10-25)13-19-23-18(14-28-19)20(26)22-12-17-2-1-11-27-17/h1-6,11,14H,7-10,12-13H2,(H,22,26). The van der Waals surface area contributed by atoms with Gasteiger partial charge in [0.2, 0.25) is 0 Å². The molecule has 1 amide bonds. The second-order valence-electron chi connectivity index (χ2n) is 6.63. The van der Waals surface area contributed by atoms with Gasteiger partial charge in [0.1, 0.15) is 16.5 Å². The van der Waals surface area contributed by atoms with Gasteiger partial charge < -0.3 is 14.6 Å². The maximum absolute atomic E-state index is 12.2. The molecule has 4 rings (SSSR count). The number of halogens is 1. The number of nitrogens with zero attached hydrogens (tertiary/aromatic N) is 3. The van der Waals surface area contributed by atoms with Crippen molar-refractivity contribution in [2.24, 2.45) is 0 Å². The van der Waals surface area contributed by atoms with Crippen LogP contribution in [0.4, 0.5) is 5.69 Å². The number of rotatable bonds is 6. The summed E-state index contributed by atoms with van der Waals surface area (Å²) in [5.74, 6) is 0.550. The van der Waals surface area contributed by atoms with E-state index < -0.39 is 0 Å². The molecule has 0 aliphatic carbocycles. The molecule has 1 aromatic carbocycles. The molecule has 1 N–H and O–H groups in total. The summed E-state index contributed by atoms with van der Waals surface area (Å²) in [5.41, 5.74) is 1.67. The van der Waals surface area contributed by atoms with Crippen molar-refractivity contribution < 1.29 is 9.21 Å². The monoisotopic (exact) mass is 416 g/mol. The lowest BCUT2D eigenvalue weighted by Gasteiger charge is -2.35. The van der Waals surface area contributed by atoms with Gasteiger partial charge in [-0.2, -0.15) is 0 Å². The average molecular weight is 417 g/mol. The van der Waals surface area contributed by atoms with Crippen LogP contribution in [0.25, 0.3) is 0 Å². The zero-order chi connectivity index (χ0) is 19.3. The second kappa shape index (κ2) is 8.77. The van der Waals surface area contributed by atoms with Crippen LogP contribution in [0.15, 0.2) is 52.5 Å². The maximum Gasteiger partial charge on any atom is 0.271 e. The minimum Gasteiger partial charge on any atom is -0.467 e. The highest BCUT2D eigenvalue weighted by atomic mass is 35.5. The van der Waals surface area contributed by atoms with Crippen LogP contribution >= 0.6 is 22.9 Å². The Morgan fingerprint density at radius 2 is 1.96 bits per heavy atom. The van der Waals surface area contributed by atoms with Gasteiger partial charge in [-0.25, -0.2) is 4.98 Å². The number of aromatic nitrogens is 1. The van der Waals surface area contributed by atoms with Gasteiger partial charge >= 0.3 is 0 Å². The van der Waals surface area contributed by atoms with Crippen LogP contribution < -0.4 is 10.2 Å². The number of hydrogen-bond acceptors (Lipinski definition) is 6. The van der Waals surface area contributed by atoms with Crippen LogP contribution in [-0.2, 0) is 13.1 Å². The molecule has 1 aliphatic rings. The molecule has 0 unspecified atom stereocenters. The Bertz CT molecular complexity index is 903. The minimum absolute atomic E-state index is 0.175. The van der Waals surface area contributed by atoms with E-state index >= 15 is 0 Å². The first-order chi connectivity index (χ1) is 13.7. The van der Waals surface area contributed by atoms with Crippen LogP contribution in [-0.4, -0.2) is 42.0 Å². The van der Waals surface area contributed by atoms with Gasteiger partial charge in [-0.1, -0.05) is 11.6 Å².